The van der Waals surface area contributed by atoms with Crippen LogP contribution < -0.4 is 5.32 Å². The van der Waals surface area contributed by atoms with Gasteiger partial charge in [0.25, 0.3) is 0 Å². The highest BCUT2D eigenvalue weighted by Gasteiger charge is 2.31. The lowest BCUT2D eigenvalue weighted by molar-refractivity contribution is -0.146. The van der Waals surface area contributed by atoms with Crippen LogP contribution in [0, 0.1) is 5.92 Å². The number of alkyl halides is 3. The summed E-state index contributed by atoms with van der Waals surface area (Å²) in [6.45, 7) is 1.41. The second-order valence-electron chi connectivity index (χ2n) is 6.45. The van der Waals surface area contributed by atoms with Gasteiger partial charge in [-0.25, -0.2) is 0 Å². The van der Waals surface area contributed by atoms with E-state index >= 15 is 0 Å². The third-order valence-corrected chi connectivity index (χ3v) is 4.75. The van der Waals surface area contributed by atoms with Crippen LogP contribution in [0.3, 0.4) is 0 Å². The first-order valence-electron chi connectivity index (χ1n) is 8.77. The summed E-state index contributed by atoms with van der Waals surface area (Å²) in [5, 5.41) is 11.0. The number of piperidine rings is 1. The van der Waals surface area contributed by atoms with Crippen LogP contribution in [0.15, 0.2) is 23.3 Å². The molecule has 0 unspecified atom stereocenters. The molecule has 160 valence electrons. The van der Waals surface area contributed by atoms with Crippen LogP contribution in [-0.2, 0) is 22.3 Å². The van der Waals surface area contributed by atoms with E-state index in [1.807, 2.05) is 4.90 Å². The second-order valence-corrected chi connectivity index (χ2v) is 6.45. The fourth-order valence-corrected chi connectivity index (χ4v) is 3.21. The van der Waals surface area contributed by atoms with Crippen LogP contribution in [0.1, 0.15) is 24.2 Å². The number of nitrogens with zero attached hydrogens (tertiary/aromatic N) is 5. The lowest BCUT2D eigenvalue weighted by Crippen LogP contribution is -2.46. The van der Waals surface area contributed by atoms with Gasteiger partial charge in [-0.1, -0.05) is 0 Å². The first kappa shape index (κ1) is 23.2. The standard InChI is InChI=1S/C17H21F3N6O2.HI/c1-21-16(25-7-5-11(6-8-25)15(27)28-2)22-9-14-24-23-13-4-3-12(10-26(13)14)17(18,19)20;/h3-4,10-11H,5-9H2,1-2H3,(H,21,22);1H. The van der Waals surface area contributed by atoms with Crippen molar-refractivity contribution in [3.63, 3.8) is 0 Å². The van der Waals surface area contributed by atoms with Gasteiger partial charge in [-0.2, -0.15) is 13.2 Å². The minimum absolute atomic E-state index is 0. The number of halogens is 4. The highest BCUT2D eigenvalue weighted by atomic mass is 127. The monoisotopic (exact) mass is 526 g/mol. The Balaban J connectivity index is 0.00000300. The number of esters is 1. The molecule has 12 heteroatoms. The number of likely N-dealkylation sites (tertiary alicyclic amines) is 1. The predicted molar refractivity (Wildman–Crippen MR) is 110 cm³/mol. The van der Waals surface area contributed by atoms with E-state index in [9.17, 15) is 18.0 Å². The van der Waals surface area contributed by atoms with E-state index in [4.69, 9.17) is 4.74 Å². The molecule has 0 amide bonds. The molecule has 1 N–H and O–H groups in total. The van der Waals surface area contributed by atoms with Crippen molar-refractivity contribution in [3.8, 4) is 0 Å². The van der Waals surface area contributed by atoms with Crippen molar-refractivity contribution in [2.45, 2.75) is 25.6 Å². The number of carbonyl (C=O) groups is 1. The van der Waals surface area contributed by atoms with Crippen molar-refractivity contribution >= 4 is 41.6 Å². The molecule has 2 aromatic rings. The van der Waals surface area contributed by atoms with Crippen molar-refractivity contribution in [1.82, 2.24) is 24.8 Å². The molecule has 0 bridgehead atoms. The minimum Gasteiger partial charge on any atom is -0.469 e. The van der Waals surface area contributed by atoms with Crippen LogP contribution in [0.2, 0.25) is 0 Å². The molecule has 1 saturated heterocycles. The first-order chi connectivity index (χ1) is 13.3. The Morgan fingerprint density at radius 2 is 2.00 bits per heavy atom. The topological polar surface area (TPSA) is 84.1 Å². The van der Waals surface area contributed by atoms with E-state index in [1.54, 1.807) is 7.05 Å². The fraction of sp³-hybridized carbons (Fsp3) is 0.529. The van der Waals surface area contributed by atoms with Gasteiger partial charge < -0.3 is 15.0 Å². The molecule has 0 saturated carbocycles. The number of hydrogen-bond acceptors (Lipinski definition) is 5. The zero-order valence-corrected chi connectivity index (χ0v) is 18.3. The largest absolute Gasteiger partial charge is 0.469 e. The fourth-order valence-electron chi connectivity index (χ4n) is 3.21. The van der Waals surface area contributed by atoms with Crippen LogP contribution >= 0.6 is 24.0 Å². The number of aliphatic imine (C=N–C) groups is 1. The lowest BCUT2D eigenvalue weighted by atomic mass is 9.97. The number of ether oxygens (including phenoxy) is 1. The molecule has 0 aromatic carbocycles. The predicted octanol–water partition coefficient (Wildman–Crippen LogP) is 2.33. The van der Waals surface area contributed by atoms with Crippen molar-refractivity contribution in [2.24, 2.45) is 10.9 Å². The molecule has 0 radical (unpaired) electrons. The summed E-state index contributed by atoms with van der Waals surface area (Å²) in [5.41, 5.74) is -0.436. The van der Waals surface area contributed by atoms with Crippen molar-refractivity contribution in [2.75, 3.05) is 27.2 Å². The maximum absolute atomic E-state index is 13.0. The highest BCUT2D eigenvalue weighted by molar-refractivity contribution is 14.0. The first-order valence-corrected chi connectivity index (χ1v) is 8.77. The van der Waals surface area contributed by atoms with Gasteiger partial charge in [-0.3, -0.25) is 14.2 Å². The van der Waals surface area contributed by atoms with Gasteiger partial charge in [0.1, 0.15) is 0 Å². The Morgan fingerprint density at radius 3 is 2.59 bits per heavy atom. The highest BCUT2D eigenvalue weighted by Crippen LogP contribution is 2.29. The van der Waals surface area contributed by atoms with E-state index < -0.39 is 11.7 Å². The Morgan fingerprint density at radius 1 is 1.31 bits per heavy atom. The van der Waals surface area contributed by atoms with Gasteiger partial charge in [0, 0.05) is 26.3 Å². The van der Waals surface area contributed by atoms with Crippen molar-refractivity contribution < 1.29 is 22.7 Å². The molecular formula is C17H22F3IN6O2. The molecule has 2 aromatic heterocycles. The average Bonchev–Trinajstić information content (AvgIpc) is 3.10. The molecule has 0 aliphatic carbocycles. The molecule has 0 spiro atoms. The molecule has 0 atom stereocenters. The van der Waals surface area contributed by atoms with Crippen molar-refractivity contribution in [3.05, 3.63) is 29.7 Å². The van der Waals surface area contributed by atoms with Gasteiger partial charge in [-0.05, 0) is 25.0 Å². The number of methoxy groups -OCH3 is 1. The van der Waals surface area contributed by atoms with Crippen LogP contribution in [0.25, 0.3) is 5.65 Å². The molecule has 29 heavy (non-hydrogen) atoms. The molecule has 1 fully saturated rings. The Hall–Kier alpha value is -2.12. The minimum atomic E-state index is -4.44. The van der Waals surface area contributed by atoms with E-state index in [-0.39, 0.29) is 42.4 Å². The number of nitrogens with one attached hydrogen (secondary N) is 1. The maximum atomic E-state index is 13.0. The lowest BCUT2D eigenvalue weighted by Gasteiger charge is -2.33. The molecule has 1 aliphatic heterocycles. The Labute approximate surface area is 182 Å². The summed E-state index contributed by atoms with van der Waals surface area (Å²) in [5.74, 6) is 0.595. The van der Waals surface area contributed by atoms with E-state index in [2.05, 4.69) is 20.5 Å². The smallest absolute Gasteiger partial charge is 0.417 e. The molecule has 1 aliphatic rings. The quantitative estimate of drug-likeness (QED) is 0.286. The molecule has 3 rings (SSSR count). The summed E-state index contributed by atoms with van der Waals surface area (Å²) in [6, 6.07) is 2.26. The van der Waals surface area contributed by atoms with E-state index in [0.717, 1.165) is 12.3 Å². The van der Waals surface area contributed by atoms with Gasteiger partial charge in [0.2, 0.25) is 0 Å². The van der Waals surface area contributed by atoms with Gasteiger partial charge >= 0.3 is 12.1 Å². The van der Waals surface area contributed by atoms with E-state index in [0.29, 0.717) is 43.4 Å². The zero-order valence-electron chi connectivity index (χ0n) is 15.9. The summed E-state index contributed by atoms with van der Waals surface area (Å²) in [4.78, 5) is 17.8. The third kappa shape index (κ3) is 5.28. The summed E-state index contributed by atoms with van der Waals surface area (Å²) < 4.78 is 44.9. The number of pyridine rings is 1. The van der Waals surface area contributed by atoms with Crippen LogP contribution in [-0.4, -0.2) is 58.7 Å². The van der Waals surface area contributed by atoms with Crippen LogP contribution in [0.4, 0.5) is 13.2 Å². The van der Waals surface area contributed by atoms with Gasteiger partial charge in [0.15, 0.2) is 17.4 Å². The maximum Gasteiger partial charge on any atom is 0.417 e. The summed E-state index contributed by atoms with van der Waals surface area (Å²) in [7, 11) is 3.00. The average molecular weight is 526 g/mol. The third-order valence-electron chi connectivity index (χ3n) is 4.75. The number of carbonyl (C=O) groups excluding carboxylic acids is 1. The number of guanidine groups is 1. The SMILES string of the molecule is CN=C(NCc1nnc2ccc(C(F)(F)F)cn12)N1CCC(C(=O)OC)CC1.I. The normalized spacial score (nSPS) is 15.9. The number of aromatic nitrogens is 3. The zero-order chi connectivity index (χ0) is 20.3. The number of fused-ring (bicyclic) bond motifs is 1. The van der Waals surface area contributed by atoms with Gasteiger partial charge in [-0.15, -0.1) is 34.2 Å². The molecular weight excluding hydrogens is 504 g/mol. The Bertz CT molecular complexity index is 878. The molecule has 8 nitrogen and oxygen atoms in total. The van der Waals surface area contributed by atoms with Gasteiger partial charge in [0.05, 0.1) is 25.1 Å². The van der Waals surface area contributed by atoms with Crippen molar-refractivity contribution in [1.29, 1.82) is 0 Å². The Kier molecular flexibility index (Phi) is 7.66. The van der Waals surface area contributed by atoms with Crippen LogP contribution in [0.5, 0.6) is 0 Å². The number of hydrogen-bond donors (Lipinski definition) is 1. The summed E-state index contributed by atoms with van der Waals surface area (Å²) in [6.07, 6.45) is -2.16. The number of rotatable bonds is 3. The second kappa shape index (κ2) is 9.59. The van der Waals surface area contributed by atoms with E-state index in [1.165, 1.54) is 17.6 Å². The molecule has 3 heterocycles. The summed E-state index contributed by atoms with van der Waals surface area (Å²) >= 11 is 0.